The molecule has 0 spiro atoms. The minimum Gasteiger partial charge on any atom is -0.380 e. The van der Waals surface area contributed by atoms with Gasteiger partial charge in [-0.25, -0.2) is 0 Å². The molecule has 1 heterocycles. The number of terminal acetylenes is 1. The van der Waals surface area contributed by atoms with Crippen molar-refractivity contribution in [3.8, 4) is 18.4 Å². The predicted molar refractivity (Wildman–Crippen MR) is 67.1 cm³/mol. The molecule has 0 aliphatic carbocycles. The van der Waals surface area contributed by atoms with Crippen LogP contribution in [0.15, 0.2) is 18.5 Å². The van der Waals surface area contributed by atoms with Crippen LogP contribution in [-0.4, -0.2) is 25.8 Å². The Labute approximate surface area is 103 Å². The van der Waals surface area contributed by atoms with Crippen LogP contribution in [0.25, 0.3) is 0 Å². The van der Waals surface area contributed by atoms with Gasteiger partial charge in [0, 0.05) is 26.6 Å². The second kappa shape index (κ2) is 12.2. The number of pyridine rings is 1. The SMILES string of the molecule is C.C#CCOC.COCc1cncc(C#N)c1. The molecule has 1 rings (SSSR count). The summed E-state index contributed by atoms with van der Waals surface area (Å²) in [6, 6.07) is 3.77. The van der Waals surface area contributed by atoms with Crippen LogP contribution in [0.1, 0.15) is 18.6 Å². The van der Waals surface area contributed by atoms with Gasteiger partial charge < -0.3 is 9.47 Å². The largest absolute Gasteiger partial charge is 0.380 e. The maximum atomic E-state index is 8.50. The van der Waals surface area contributed by atoms with Crippen LogP contribution in [0.4, 0.5) is 0 Å². The van der Waals surface area contributed by atoms with Crippen molar-refractivity contribution in [3.63, 3.8) is 0 Å². The van der Waals surface area contributed by atoms with Gasteiger partial charge in [0.05, 0.1) is 12.2 Å². The van der Waals surface area contributed by atoms with Gasteiger partial charge in [-0.3, -0.25) is 4.98 Å². The van der Waals surface area contributed by atoms with Crippen molar-refractivity contribution in [2.75, 3.05) is 20.8 Å². The van der Waals surface area contributed by atoms with Gasteiger partial charge >= 0.3 is 0 Å². The zero-order chi connectivity index (χ0) is 12.2. The molecule has 0 saturated heterocycles. The first-order valence-electron chi connectivity index (χ1n) is 4.53. The first kappa shape index (κ1) is 17.5. The van der Waals surface area contributed by atoms with Crippen molar-refractivity contribution in [2.45, 2.75) is 14.0 Å². The fourth-order valence-electron chi connectivity index (χ4n) is 0.878. The summed E-state index contributed by atoms with van der Waals surface area (Å²) < 4.78 is 9.33. The summed E-state index contributed by atoms with van der Waals surface area (Å²) in [6.45, 7) is 0.919. The molecule has 0 amide bonds. The first-order valence-corrected chi connectivity index (χ1v) is 4.53. The van der Waals surface area contributed by atoms with Crippen molar-refractivity contribution < 1.29 is 9.47 Å². The Kier molecular flexibility index (Phi) is 12.6. The average molecular weight is 234 g/mol. The highest BCUT2D eigenvalue weighted by atomic mass is 16.5. The molecule has 0 bridgehead atoms. The lowest BCUT2D eigenvalue weighted by Crippen LogP contribution is -1.89. The molecule has 0 aromatic carbocycles. The number of nitriles is 1. The van der Waals surface area contributed by atoms with Crippen molar-refractivity contribution in [1.82, 2.24) is 4.98 Å². The Bertz CT molecular complexity index is 378. The van der Waals surface area contributed by atoms with E-state index in [0.717, 1.165) is 5.56 Å². The van der Waals surface area contributed by atoms with Gasteiger partial charge in [0.25, 0.3) is 0 Å². The molecular formula is C13H18N2O2. The molecule has 0 N–H and O–H groups in total. The second-order valence-electron chi connectivity index (χ2n) is 2.76. The molecule has 0 aliphatic rings. The van der Waals surface area contributed by atoms with E-state index in [1.165, 1.54) is 6.20 Å². The quantitative estimate of drug-likeness (QED) is 0.751. The van der Waals surface area contributed by atoms with E-state index in [2.05, 4.69) is 15.6 Å². The molecule has 0 saturated carbocycles. The molecule has 17 heavy (non-hydrogen) atoms. The summed E-state index contributed by atoms with van der Waals surface area (Å²) in [7, 11) is 3.18. The zero-order valence-corrected chi connectivity index (χ0v) is 9.43. The van der Waals surface area contributed by atoms with E-state index in [1.54, 1.807) is 26.5 Å². The molecule has 4 nitrogen and oxygen atoms in total. The maximum Gasteiger partial charge on any atom is 0.107 e. The van der Waals surface area contributed by atoms with Crippen molar-refractivity contribution in [2.24, 2.45) is 0 Å². The molecule has 0 aliphatic heterocycles. The van der Waals surface area contributed by atoms with E-state index < -0.39 is 0 Å². The van der Waals surface area contributed by atoms with Crippen LogP contribution in [0.2, 0.25) is 0 Å². The van der Waals surface area contributed by atoms with Crippen LogP contribution in [0, 0.1) is 23.7 Å². The topological polar surface area (TPSA) is 55.1 Å². The van der Waals surface area contributed by atoms with Gasteiger partial charge in [0.15, 0.2) is 0 Å². The monoisotopic (exact) mass is 234 g/mol. The minimum atomic E-state index is 0. The summed E-state index contributed by atoms with van der Waals surface area (Å²) in [5.41, 5.74) is 1.49. The van der Waals surface area contributed by atoms with Crippen LogP contribution in [0.3, 0.4) is 0 Å². The standard InChI is InChI=1S/C8H8N2O.C4H6O.CH4/c1-11-6-8-2-7(3-9)4-10-5-8;1-3-4-5-2;/h2,4-5H,6H2,1H3;1H,4H2,2H3;1H4. The molecule has 0 fully saturated rings. The molecule has 0 unspecified atom stereocenters. The summed E-state index contributed by atoms with van der Waals surface area (Å²) in [5.74, 6) is 2.30. The molecule has 1 aromatic heterocycles. The van der Waals surface area contributed by atoms with Crippen molar-refractivity contribution in [3.05, 3.63) is 29.6 Å². The van der Waals surface area contributed by atoms with Crippen LogP contribution in [0.5, 0.6) is 0 Å². The number of nitrogens with zero attached hydrogens (tertiary/aromatic N) is 2. The first-order chi connectivity index (χ1) is 7.78. The molecule has 0 atom stereocenters. The fourth-order valence-corrected chi connectivity index (χ4v) is 0.878. The number of rotatable bonds is 3. The summed E-state index contributed by atoms with van der Waals surface area (Å²) in [5, 5.41) is 8.50. The van der Waals surface area contributed by atoms with Gasteiger partial charge in [-0.2, -0.15) is 5.26 Å². The summed E-state index contributed by atoms with van der Waals surface area (Å²) in [4.78, 5) is 3.87. The maximum absolute atomic E-state index is 8.50. The zero-order valence-electron chi connectivity index (χ0n) is 9.43. The highest BCUT2D eigenvalue weighted by molar-refractivity contribution is 5.28. The van der Waals surface area contributed by atoms with E-state index in [1.807, 2.05) is 6.07 Å². The Morgan fingerprint density at radius 1 is 1.35 bits per heavy atom. The third-order valence-corrected chi connectivity index (χ3v) is 1.46. The fraction of sp³-hybridized carbons (Fsp3) is 0.385. The third kappa shape index (κ3) is 9.07. The normalized spacial score (nSPS) is 7.76. The minimum absolute atomic E-state index is 0. The number of aromatic nitrogens is 1. The smallest absolute Gasteiger partial charge is 0.107 e. The van der Waals surface area contributed by atoms with Gasteiger partial charge in [-0.05, 0) is 11.6 Å². The van der Waals surface area contributed by atoms with Crippen LogP contribution >= 0.6 is 0 Å². The van der Waals surface area contributed by atoms with E-state index in [9.17, 15) is 0 Å². The lowest BCUT2D eigenvalue weighted by molar-refractivity contribution is 0.184. The lowest BCUT2D eigenvalue weighted by Gasteiger charge is -1.96. The Morgan fingerprint density at radius 2 is 2.06 bits per heavy atom. The number of hydrogen-bond donors (Lipinski definition) is 0. The van der Waals surface area contributed by atoms with Gasteiger partial charge in [0.2, 0.25) is 0 Å². The third-order valence-electron chi connectivity index (χ3n) is 1.46. The summed E-state index contributed by atoms with van der Waals surface area (Å²) in [6.07, 6.45) is 7.98. The van der Waals surface area contributed by atoms with Crippen LogP contribution < -0.4 is 0 Å². The Morgan fingerprint density at radius 3 is 2.47 bits per heavy atom. The highest BCUT2D eigenvalue weighted by Gasteiger charge is 1.93. The predicted octanol–water partition coefficient (Wildman–Crippen LogP) is 2.00. The summed E-state index contributed by atoms with van der Waals surface area (Å²) >= 11 is 0. The molecule has 1 aromatic rings. The Balaban J connectivity index is 0. The van der Waals surface area contributed by atoms with E-state index >= 15 is 0 Å². The van der Waals surface area contributed by atoms with Gasteiger partial charge in [-0.15, -0.1) is 6.42 Å². The van der Waals surface area contributed by atoms with Crippen molar-refractivity contribution >= 4 is 0 Å². The number of methoxy groups -OCH3 is 2. The molecular weight excluding hydrogens is 216 g/mol. The number of hydrogen-bond acceptors (Lipinski definition) is 4. The molecule has 4 heteroatoms. The van der Waals surface area contributed by atoms with E-state index in [4.69, 9.17) is 16.4 Å². The lowest BCUT2D eigenvalue weighted by atomic mass is 10.2. The van der Waals surface area contributed by atoms with Gasteiger partial charge in [0.1, 0.15) is 12.7 Å². The van der Waals surface area contributed by atoms with Crippen molar-refractivity contribution in [1.29, 1.82) is 5.26 Å². The van der Waals surface area contributed by atoms with E-state index in [0.29, 0.717) is 18.8 Å². The second-order valence-corrected chi connectivity index (χ2v) is 2.76. The average Bonchev–Trinajstić information content (AvgIpc) is 2.32. The van der Waals surface area contributed by atoms with Crippen LogP contribution in [-0.2, 0) is 16.1 Å². The highest BCUT2D eigenvalue weighted by Crippen LogP contribution is 2.01. The van der Waals surface area contributed by atoms with E-state index in [-0.39, 0.29) is 7.43 Å². The Hall–Kier alpha value is -1.88. The molecule has 92 valence electrons. The molecule has 0 radical (unpaired) electrons. The number of ether oxygens (including phenoxy) is 2. The van der Waals surface area contributed by atoms with Gasteiger partial charge in [-0.1, -0.05) is 13.3 Å².